The molecule has 5 heteroatoms. The van der Waals surface area contributed by atoms with Crippen LogP contribution in [0.2, 0.25) is 0 Å². The summed E-state index contributed by atoms with van der Waals surface area (Å²) in [6.45, 7) is 3.97. The number of hydrogen-bond acceptors (Lipinski definition) is 4. The fourth-order valence-corrected chi connectivity index (χ4v) is 1.43. The van der Waals surface area contributed by atoms with E-state index < -0.39 is 5.97 Å². The molecule has 0 spiro atoms. The van der Waals surface area contributed by atoms with Gasteiger partial charge in [0.15, 0.2) is 0 Å². The second-order valence-electron chi connectivity index (χ2n) is 4.15. The molecule has 1 rings (SSSR count). The molecule has 1 aromatic carbocycles. The lowest BCUT2D eigenvalue weighted by Gasteiger charge is -2.10. The van der Waals surface area contributed by atoms with E-state index >= 15 is 0 Å². The second kappa shape index (κ2) is 6.64. The summed E-state index contributed by atoms with van der Waals surface area (Å²) in [5, 5.41) is 5.72. The van der Waals surface area contributed by atoms with Gasteiger partial charge in [0.2, 0.25) is 5.91 Å². The summed E-state index contributed by atoms with van der Waals surface area (Å²) >= 11 is 0. The van der Waals surface area contributed by atoms with Crippen molar-refractivity contribution in [3.63, 3.8) is 0 Å². The van der Waals surface area contributed by atoms with Gasteiger partial charge in [0.05, 0.1) is 19.2 Å². The number of methoxy groups -OCH3 is 1. The highest BCUT2D eigenvalue weighted by Gasteiger charge is 2.06. The summed E-state index contributed by atoms with van der Waals surface area (Å²) < 4.78 is 4.62. The molecule has 0 aliphatic heterocycles. The van der Waals surface area contributed by atoms with Crippen LogP contribution in [0.3, 0.4) is 0 Å². The van der Waals surface area contributed by atoms with Crippen LogP contribution in [0.25, 0.3) is 0 Å². The number of amides is 1. The van der Waals surface area contributed by atoms with Crippen molar-refractivity contribution in [3.8, 4) is 0 Å². The Bertz CT molecular complexity index is 430. The van der Waals surface area contributed by atoms with Crippen LogP contribution < -0.4 is 10.6 Å². The molecule has 18 heavy (non-hydrogen) atoms. The number of rotatable bonds is 5. The molecule has 0 unspecified atom stereocenters. The number of carbonyl (C=O) groups is 2. The third-order valence-electron chi connectivity index (χ3n) is 2.19. The molecular formula is C13H18N2O3. The van der Waals surface area contributed by atoms with Gasteiger partial charge in [0, 0.05) is 11.7 Å². The molecule has 0 aliphatic carbocycles. The fourth-order valence-electron chi connectivity index (χ4n) is 1.43. The summed E-state index contributed by atoms with van der Waals surface area (Å²) in [5.41, 5.74) is 1.16. The lowest BCUT2D eigenvalue weighted by Crippen LogP contribution is -2.34. The molecule has 0 fully saturated rings. The van der Waals surface area contributed by atoms with E-state index in [0.29, 0.717) is 11.3 Å². The second-order valence-corrected chi connectivity index (χ2v) is 4.15. The molecule has 0 aliphatic rings. The minimum absolute atomic E-state index is 0.0894. The first kappa shape index (κ1) is 14.0. The predicted molar refractivity (Wildman–Crippen MR) is 69.5 cm³/mol. The number of hydrogen-bond donors (Lipinski definition) is 2. The zero-order valence-electron chi connectivity index (χ0n) is 10.8. The lowest BCUT2D eigenvalue weighted by atomic mass is 10.2. The Hall–Kier alpha value is -2.04. The quantitative estimate of drug-likeness (QED) is 0.775. The molecule has 0 atom stereocenters. The van der Waals surface area contributed by atoms with Crippen molar-refractivity contribution >= 4 is 17.6 Å². The van der Waals surface area contributed by atoms with Crippen molar-refractivity contribution in [2.45, 2.75) is 19.9 Å². The molecule has 98 valence electrons. The Labute approximate surface area is 107 Å². The van der Waals surface area contributed by atoms with E-state index in [1.165, 1.54) is 7.11 Å². The van der Waals surface area contributed by atoms with Crippen LogP contribution in [0.1, 0.15) is 24.2 Å². The van der Waals surface area contributed by atoms with Crippen molar-refractivity contribution in [1.82, 2.24) is 5.32 Å². The van der Waals surface area contributed by atoms with Crippen LogP contribution >= 0.6 is 0 Å². The topological polar surface area (TPSA) is 67.4 Å². The Morgan fingerprint density at radius 2 is 2.06 bits per heavy atom. The Kier molecular flexibility index (Phi) is 5.17. The van der Waals surface area contributed by atoms with Crippen LogP contribution in [0.5, 0.6) is 0 Å². The number of esters is 1. The third-order valence-corrected chi connectivity index (χ3v) is 2.19. The minimum Gasteiger partial charge on any atom is -0.465 e. The molecule has 0 bridgehead atoms. The first-order valence-corrected chi connectivity index (χ1v) is 5.74. The SMILES string of the molecule is COC(=O)c1cccc(NCC(=O)NC(C)C)c1. The highest BCUT2D eigenvalue weighted by atomic mass is 16.5. The maximum absolute atomic E-state index is 11.4. The lowest BCUT2D eigenvalue weighted by molar-refractivity contribution is -0.119. The van der Waals surface area contributed by atoms with Gasteiger partial charge in [-0.1, -0.05) is 6.07 Å². The van der Waals surface area contributed by atoms with E-state index in [9.17, 15) is 9.59 Å². The van der Waals surface area contributed by atoms with Gasteiger partial charge in [0.1, 0.15) is 0 Å². The zero-order chi connectivity index (χ0) is 13.5. The van der Waals surface area contributed by atoms with Crippen molar-refractivity contribution < 1.29 is 14.3 Å². The first-order chi connectivity index (χ1) is 8.52. The van der Waals surface area contributed by atoms with Gasteiger partial charge in [-0.15, -0.1) is 0 Å². The van der Waals surface area contributed by atoms with E-state index in [4.69, 9.17) is 0 Å². The third kappa shape index (κ3) is 4.45. The maximum atomic E-state index is 11.4. The molecule has 0 aromatic heterocycles. The first-order valence-electron chi connectivity index (χ1n) is 5.74. The largest absolute Gasteiger partial charge is 0.465 e. The smallest absolute Gasteiger partial charge is 0.337 e. The highest BCUT2D eigenvalue weighted by molar-refractivity contribution is 5.90. The summed E-state index contributed by atoms with van der Waals surface area (Å²) in [4.78, 5) is 22.8. The number of ether oxygens (including phenoxy) is 1. The van der Waals surface area contributed by atoms with E-state index in [1.807, 2.05) is 13.8 Å². The van der Waals surface area contributed by atoms with E-state index in [0.717, 1.165) is 0 Å². The molecule has 5 nitrogen and oxygen atoms in total. The molecule has 0 saturated heterocycles. The molecule has 1 aromatic rings. The van der Waals surface area contributed by atoms with Crippen molar-refractivity contribution in [1.29, 1.82) is 0 Å². The van der Waals surface area contributed by atoms with Gasteiger partial charge in [-0.05, 0) is 32.0 Å². The highest BCUT2D eigenvalue weighted by Crippen LogP contribution is 2.11. The normalized spacial score (nSPS) is 10.0. The number of anilines is 1. The van der Waals surface area contributed by atoms with Crippen LogP contribution in [-0.2, 0) is 9.53 Å². The van der Waals surface area contributed by atoms with Gasteiger partial charge in [-0.25, -0.2) is 4.79 Å². The monoisotopic (exact) mass is 250 g/mol. The minimum atomic E-state index is -0.398. The van der Waals surface area contributed by atoms with Crippen LogP contribution in [0, 0.1) is 0 Å². The van der Waals surface area contributed by atoms with Gasteiger partial charge in [0.25, 0.3) is 0 Å². The summed E-state index contributed by atoms with van der Waals surface area (Å²) in [5.74, 6) is -0.487. The average Bonchev–Trinajstić information content (AvgIpc) is 2.35. The zero-order valence-corrected chi connectivity index (χ0v) is 10.8. The van der Waals surface area contributed by atoms with Crippen LogP contribution in [0.4, 0.5) is 5.69 Å². The molecule has 2 N–H and O–H groups in total. The molecule has 0 radical (unpaired) electrons. The van der Waals surface area contributed by atoms with Gasteiger partial charge in [-0.2, -0.15) is 0 Å². The van der Waals surface area contributed by atoms with E-state index in [-0.39, 0.29) is 18.5 Å². The van der Waals surface area contributed by atoms with Crippen molar-refractivity contribution in [3.05, 3.63) is 29.8 Å². The summed E-state index contributed by atoms with van der Waals surface area (Å²) in [7, 11) is 1.33. The molecular weight excluding hydrogens is 232 g/mol. The summed E-state index contributed by atoms with van der Waals surface area (Å²) in [6.07, 6.45) is 0. The van der Waals surface area contributed by atoms with Gasteiger partial charge < -0.3 is 15.4 Å². The van der Waals surface area contributed by atoms with Crippen LogP contribution in [0.15, 0.2) is 24.3 Å². The summed E-state index contributed by atoms with van der Waals surface area (Å²) in [6, 6.07) is 6.93. The predicted octanol–water partition coefficient (Wildman–Crippen LogP) is 1.41. The number of benzene rings is 1. The Morgan fingerprint density at radius 1 is 1.33 bits per heavy atom. The van der Waals surface area contributed by atoms with E-state index in [1.54, 1.807) is 24.3 Å². The fraction of sp³-hybridized carbons (Fsp3) is 0.385. The van der Waals surface area contributed by atoms with Gasteiger partial charge in [-0.3, -0.25) is 4.79 Å². The maximum Gasteiger partial charge on any atom is 0.337 e. The molecule has 1 amide bonds. The molecule has 0 saturated carbocycles. The van der Waals surface area contributed by atoms with Crippen molar-refractivity contribution in [2.75, 3.05) is 19.0 Å². The Balaban J connectivity index is 2.57. The van der Waals surface area contributed by atoms with Crippen molar-refractivity contribution in [2.24, 2.45) is 0 Å². The standard InChI is InChI=1S/C13H18N2O3/c1-9(2)15-12(16)8-14-11-6-4-5-10(7-11)13(17)18-3/h4-7,9,14H,8H2,1-3H3,(H,15,16). The van der Waals surface area contributed by atoms with E-state index in [2.05, 4.69) is 15.4 Å². The van der Waals surface area contributed by atoms with Crippen LogP contribution in [-0.4, -0.2) is 31.6 Å². The number of carbonyl (C=O) groups excluding carboxylic acids is 2. The number of nitrogens with one attached hydrogen (secondary N) is 2. The Morgan fingerprint density at radius 3 is 2.67 bits per heavy atom. The van der Waals surface area contributed by atoms with Gasteiger partial charge >= 0.3 is 5.97 Å². The molecule has 0 heterocycles. The average molecular weight is 250 g/mol.